The van der Waals surface area contributed by atoms with Crippen molar-refractivity contribution < 1.29 is 9.59 Å². The second-order valence-corrected chi connectivity index (χ2v) is 6.15. The van der Waals surface area contributed by atoms with Gasteiger partial charge in [0.25, 0.3) is 0 Å². The summed E-state index contributed by atoms with van der Waals surface area (Å²) in [6.07, 6.45) is 2.58. The molecule has 1 unspecified atom stereocenters. The van der Waals surface area contributed by atoms with E-state index in [1.807, 2.05) is 11.8 Å². The zero-order valence-corrected chi connectivity index (χ0v) is 12.9. The van der Waals surface area contributed by atoms with Gasteiger partial charge in [-0.05, 0) is 19.9 Å². The molecule has 2 rings (SSSR count). The second-order valence-electron chi connectivity index (χ2n) is 6.15. The van der Waals surface area contributed by atoms with Gasteiger partial charge in [0.1, 0.15) is 0 Å². The summed E-state index contributed by atoms with van der Waals surface area (Å²) in [6, 6.07) is 0. The largest absolute Gasteiger partial charge is 0.352 e. The lowest BCUT2D eigenvalue weighted by atomic mass is 9.88. The average molecular weight is 294 g/mol. The summed E-state index contributed by atoms with van der Waals surface area (Å²) in [5, 5.41) is 6.05. The fourth-order valence-corrected chi connectivity index (χ4v) is 2.94. The summed E-state index contributed by atoms with van der Waals surface area (Å²) in [6.45, 7) is 11.2. The highest BCUT2D eigenvalue weighted by Gasteiger charge is 2.39. The number of piperazine rings is 1. The highest BCUT2D eigenvalue weighted by Crippen LogP contribution is 2.27. The average Bonchev–Trinajstić information content (AvgIpc) is 2.93. The van der Waals surface area contributed by atoms with Crippen LogP contribution in [-0.2, 0) is 9.59 Å². The molecule has 0 bridgehead atoms. The normalized spacial score (nSPS) is 26.6. The molecule has 0 spiro atoms. The van der Waals surface area contributed by atoms with Gasteiger partial charge in [0.05, 0.1) is 12.0 Å². The molecule has 0 radical (unpaired) electrons. The van der Waals surface area contributed by atoms with Crippen molar-refractivity contribution in [2.45, 2.75) is 13.3 Å². The Hall–Kier alpha value is -1.40. The Labute approximate surface area is 126 Å². The maximum Gasteiger partial charge on any atom is 0.234 e. The smallest absolute Gasteiger partial charge is 0.234 e. The highest BCUT2D eigenvalue weighted by molar-refractivity contribution is 5.83. The Morgan fingerprint density at radius 1 is 1.33 bits per heavy atom. The van der Waals surface area contributed by atoms with Crippen LogP contribution in [0.4, 0.5) is 0 Å². The van der Waals surface area contributed by atoms with Crippen LogP contribution in [0.5, 0.6) is 0 Å². The maximum atomic E-state index is 12.6. The zero-order valence-electron chi connectivity index (χ0n) is 12.9. The molecule has 0 aromatic rings. The lowest BCUT2D eigenvalue weighted by Crippen LogP contribution is -2.54. The van der Waals surface area contributed by atoms with Gasteiger partial charge in [-0.1, -0.05) is 6.08 Å². The molecular formula is C15H26N4O2. The Morgan fingerprint density at radius 3 is 2.62 bits per heavy atom. The lowest BCUT2D eigenvalue weighted by Gasteiger charge is -2.38. The third-order valence-electron chi connectivity index (χ3n) is 4.36. The molecule has 6 heteroatoms. The molecule has 2 amide bonds. The molecule has 21 heavy (non-hydrogen) atoms. The van der Waals surface area contributed by atoms with Gasteiger partial charge in [0.2, 0.25) is 11.8 Å². The van der Waals surface area contributed by atoms with Gasteiger partial charge in [0.15, 0.2) is 0 Å². The van der Waals surface area contributed by atoms with E-state index in [0.29, 0.717) is 26.2 Å². The SMILES string of the molecule is C=CCNC(=O)CN1CCN(C(=O)C2(C)CCNC2)CC1. The van der Waals surface area contributed by atoms with Gasteiger partial charge < -0.3 is 15.5 Å². The zero-order chi connectivity index (χ0) is 15.3. The summed E-state index contributed by atoms with van der Waals surface area (Å²) in [4.78, 5) is 28.3. The number of carbonyl (C=O) groups excluding carboxylic acids is 2. The number of hydrogen-bond acceptors (Lipinski definition) is 4. The first-order valence-corrected chi connectivity index (χ1v) is 7.65. The Bertz CT molecular complexity index is 396. The highest BCUT2D eigenvalue weighted by atomic mass is 16.2. The first kappa shape index (κ1) is 16.0. The molecule has 118 valence electrons. The monoisotopic (exact) mass is 294 g/mol. The van der Waals surface area contributed by atoms with Gasteiger partial charge in [-0.15, -0.1) is 6.58 Å². The van der Waals surface area contributed by atoms with E-state index in [4.69, 9.17) is 0 Å². The standard InChI is InChI=1S/C15H26N4O2/c1-3-5-17-13(20)11-18-7-9-19(10-8-18)14(21)15(2)4-6-16-12-15/h3,16H,1,4-12H2,2H3,(H,17,20). The minimum atomic E-state index is -0.247. The van der Waals surface area contributed by atoms with E-state index >= 15 is 0 Å². The van der Waals surface area contributed by atoms with Crippen molar-refractivity contribution in [2.24, 2.45) is 5.41 Å². The predicted molar refractivity (Wildman–Crippen MR) is 81.8 cm³/mol. The second kappa shape index (κ2) is 7.04. The van der Waals surface area contributed by atoms with Crippen LogP contribution in [0.3, 0.4) is 0 Å². The van der Waals surface area contributed by atoms with E-state index in [9.17, 15) is 9.59 Å². The van der Waals surface area contributed by atoms with Crippen molar-refractivity contribution >= 4 is 11.8 Å². The Balaban J connectivity index is 1.76. The molecule has 0 aromatic carbocycles. The molecule has 2 saturated heterocycles. The molecule has 2 aliphatic rings. The molecule has 0 saturated carbocycles. The molecule has 2 aliphatic heterocycles. The number of hydrogen-bond donors (Lipinski definition) is 2. The van der Waals surface area contributed by atoms with Crippen molar-refractivity contribution in [2.75, 3.05) is 52.4 Å². The minimum absolute atomic E-state index is 0.0154. The Kier molecular flexibility index (Phi) is 5.36. The quantitative estimate of drug-likeness (QED) is 0.667. The molecular weight excluding hydrogens is 268 g/mol. The van der Waals surface area contributed by atoms with E-state index in [2.05, 4.69) is 22.1 Å². The molecule has 0 aliphatic carbocycles. The summed E-state index contributed by atoms with van der Waals surface area (Å²) < 4.78 is 0. The summed E-state index contributed by atoms with van der Waals surface area (Å²) >= 11 is 0. The van der Waals surface area contributed by atoms with Gasteiger partial charge >= 0.3 is 0 Å². The topological polar surface area (TPSA) is 64.7 Å². The van der Waals surface area contributed by atoms with Crippen LogP contribution in [0.2, 0.25) is 0 Å². The molecule has 2 heterocycles. The Morgan fingerprint density at radius 2 is 2.05 bits per heavy atom. The van der Waals surface area contributed by atoms with E-state index in [-0.39, 0.29) is 17.2 Å². The van der Waals surface area contributed by atoms with Crippen molar-refractivity contribution in [1.82, 2.24) is 20.4 Å². The fourth-order valence-electron chi connectivity index (χ4n) is 2.94. The number of rotatable bonds is 5. The van der Waals surface area contributed by atoms with E-state index < -0.39 is 0 Å². The number of carbonyl (C=O) groups is 2. The van der Waals surface area contributed by atoms with Crippen molar-refractivity contribution in [3.8, 4) is 0 Å². The number of nitrogens with one attached hydrogen (secondary N) is 2. The predicted octanol–water partition coefficient (Wildman–Crippen LogP) is -0.568. The first-order valence-electron chi connectivity index (χ1n) is 7.65. The van der Waals surface area contributed by atoms with Crippen LogP contribution in [-0.4, -0.2) is 74.0 Å². The minimum Gasteiger partial charge on any atom is -0.352 e. The van der Waals surface area contributed by atoms with Crippen LogP contribution >= 0.6 is 0 Å². The fraction of sp³-hybridized carbons (Fsp3) is 0.733. The third kappa shape index (κ3) is 4.04. The molecule has 2 N–H and O–H groups in total. The van der Waals surface area contributed by atoms with Gasteiger partial charge in [0, 0.05) is 39.3 Å². The van der Waals surface area contributed by atoms with Crippen LogP contribution in [0.25, 0.3) is 0 Å². The summed E-state index contributed by atoms with van der Waals surface area (Å²) in [5.74, 6) is 0.268. The van der Waals surface area contributed by atoms with Crippen molar-refractivity contribution in [3.05, 3.63) is 12.7 Å². The van der Waals surface area contributed by atoms with E-state index in [1.54, 1.807) is 6.08 Å². The van der Waals surface area contributed by atoms with Crippen LogP contribution < -0.4 is 10.6 Å². The number of nitrogens with zero attached hydrogens (tertiary/aromatic N) is 2. The maximum absolute atomic E-state index is 12.6. The molecule has 6 nitrogen and oxygen atoms in total. The van der Waals surface area contributed by atoms with E-state index in [1.165, 1.54) is 0 Å². The van der Waals surface area contributed by atoms with Gasteiger partial charge in [-0.25, -0.2) is 0 Å². The van der Waals surface area contributed by atoms with Crippen molar-refractivity contribution in [1.29, 1.82) is 0 Å². The third-order valence-corrected chi connectivity index (χ3v) is 4.36. The van der Waals surface area contributed by atoms with Gasteiger partial charge in [-0.3, -0.25) is 14.5 Å². The number of amides is 2. The van der Waals surface area contributed by atoms with Crippen LogP contribution in [0.1, 0.15) is 13.3 Å². The van der Waals surface area contributed by atoms with Crippen LogP contribution in [0, 0.1) is 5.41 Å². The van der Waals surface area contributed by atoms with Gasteiger partial charge in [-0.2, -0.15) is 0 Å². The summed E-state index contributed by atoms with van der Waals surface area (Å²) in [7, 11) is 0. The van der Waals surface area contributed by atoms with Crippen molar-refractivity contribution in [3.63, 3.8) is 0 Å². The molecule has 1 atom stereocenters. The first-order chi connectivity index (χ1) is 10.0. The summed E-state index contributed by atoms with van der Waals surface area (Å²) in [5.41, 5.74) is -0.247. The lowest BCUT2D eigenvalue weighted by molar-refractivity contribution is -0.142. The van der Waals surface area contributed by atoms with E-state index in [0.717, 1.165) is 32.6 Å². The van der Waals surface area contributed by atoms with Crippen LogP contribution in [0.15, 0.2) is 12.7 Å². The molecule has 0 aromatic heterocycles. The molecule has 2 fully saturated rings.